The van der Waals surface area contributed by atoms with Gasteiger partial charge >= 0.3 is 0 Å². The van der Waals surface area contributed by atoms with Crippen LogP contribution in [0.2, 0.25) is 0 Å². The molecule has 0 aliphatic carbocycles. The quantitative estimate of drug-likeness (QED) is 0.775. The summed E-state index contributed by atoms with van der Waals surface area (Å²) >= 11 is 0. The maximum absolute atomic E-state index is 6.04. The third-order valence-corrected chi connectivity index (χ3v) is 3.66. The minimum absolute atomic E-state index is 0.208. The molecule has 1 unspecified atom stereocenters. The van der Waals surface area contributed by atoms with Crippen LogP contribution in [-0.2, 0) is 6.61 Å². The number of benzene rings is 2. The predicted octanol–water partition coefficient (Wildman–Crippen LogP) is 3.69. The van der Waals surface area contributed by atoms with Gasteiger partial charge in [-0.3, -0.25) is 0 Å². The van der Waals surface area contributed by atoms with E-state index in [0.29, 0.717) is 12.4 Å². The molecule has 21 heavy (non-hydrogen) atoms. The van der Waals surface area contributed by atoms with Gasteiger partial charge in [-0.2, -0.15) is 0 Å². The summed E-state index contributed by atoms with van der Waals surface area (Å²) in [7, 11) is 1.94. The van der Waals surface area contributed by atoms with E-state index < -0.39 is 0 Å². The van der Waals surface area contributed by atoms with Crippen molar-refractivity contribution in [2.24, 2.45) is 0 Å². The first kappa shape index (κ1) is 13.6. The molecule has 1 aromatic heterocycles. The Balaban J connectivity index is 2.02. The Bertz CT molecular complexity index is 723. The number of fused-ring (bicyclic) bond motifs is 1. The number of hydrogen-bond donors (Lipinski definition) is 1. The summed E-state index contributed by atoms with van der Waals surface area (Å²) in [5.41, 5.74) is 1.13. The zero-order valence-electron chi connectivity index (χ0n) is 12.2. The number of hydrogen-bond acceptors (Lipinski definition) is 4. The van der Waals surface area contributed by atoms with Crippen molar-refractivity contribution >= 4 is 10.8 Å². The zero-order chi connectivity index (χ0) is 14.7. The summed E-state index contributed by atoms with van der Waals surface area (Å²) in [6, 6.07) is 14.5. The maximum atomic E-state index is 6.04. The standard InChI is InChI=1S/C17H18N2O2/c1-12(18-2)15-8-7-13-5-3-4-6-16(13)17(15)20-11-14-9-10-19-21-14/h3-10,12,18H,11H2,1-2H3. The lowest BCUT2D eigenvalue weighted by Crippen LogP contribution is -2.14. The molecule has 4 nitrogen and oxygen atoms in total. The van der Waals surface area contributed by atoms with E-state index in [1.165, 1.54) is 0 Å². The van der Waals surface area contributed by atoms with Crippen LogP contribution in [0.5, 0.6) is 5.75 Å². The molecule has 3 aromatic rings. The van der Waals surface area contributed by atoms with E-state index in [9.17, 15) is 0 Å². The summed E-state index contributed by atoms with van der Waals surface area (Å²) in [6.07, 6.45) is 1.62. The summed E-state index contributed by atoms with van der Waals surface area (Å²) in [4.78, 5) is 0. The molecule has 108 valence electrons. The van der Waals surface area contributed by atoms with Gasteiger partial charge in [-0.1, -0.05) is 41.6 Å². The largest absolute Gasteiger partial charge is 0.485 e. The van der Waals surface area contributed by atoms with Gasteiger partial charge < -0.3 is 14.6 Å². The van der Waals surface area contributed by atoms with Crippen molar-refractivity contribution in [3.8, 4) is 5.75 Å². The molecule has 0 aliphatic heterocycles. The lowest BCUT2D eigenvalue weighted by Gasteiger charge is -2.18. The molecule has 0 amide bonds. The van der Waals surface area contributed by atoms with Crippen molar-refractivity contribution in [1.29, 1.82) is 0 Å². The molecular formula is C17H18N2O2. The van der Waals surface area contributed by atoms with Crippen LogP contribution in [0.4, 0.5) is 0 Å². The van der Waals surface area contributed by atoms with E-state index in [2.05, 4.69) is 41.7 Å². The first-order valence-corrected chi connectivity index (χ1v) is 7.01. The van der Waals surface area contributed by atoms with Gasteiger partial charge in [0.15, 0.2) is 5.76 Å². The molecule has 0 bridgehead atoms. The van der Waals surface area contributed by atoms with Crippen molar-refractivity contribution in [3.63, 3.8) is 0 Å². The Morgan fingerprint density at radius 3 is 2.81 bits per heavy atom. The van der Waals surface area contributed by atoms with E-state index in [4.69, 9.17) is 9.26 Å². The van der Waals surface area contributed by atoms with Crippen molar-refractivity contribution in [1.82, 2.24) is 10.5 Å². The topological polar surface area (TPSA) is 47.3 Å². The predicted molar refractivity (Wildman–Crippen MR) is 82.3 cm³/mol. The lowest BCUT2D eigenvalue weighted by atomic mass is 10.0. The molecule has 1 heterocycles. The highest BCUT2D eigenvalue weighted by Gasteiger charge is 2.14. The van der Waals surface area contributed by atoms with Gasteiger partial charge in [0.2, 0.25) is 0 Å². The summed E-state index contributed by atoms with van der Waals surface area (Å²) in [5, 5.41) is 9.24. The molecule has 0 saturated heterocycles. The Hall–Kier alpha value is -2.33. The van der Waals surface area contributed by atoms with Crippen LogP contribution in [0.15, 0.2) is 53.2 Å². The highest BCUT2D eigenvalue weighted by atomic mass is 16.5. The fourth-order valence-electron chi connectivity index (χ4n) is 2.38. The molecule has 4 heteroatoms. The summed E-state index contributed by atoms with van der Waals surface area (Å²) in [5.74, 6) is 1.61. The first-order chi connectivity index (χ1) is 10.3. The van der Waals surface area contributed by atoms with Gasteiger partial charge in [0.05, 0.1) is 6.20 Å². The minimum Gasteiger partial charge on any atom is -0.485 e. The average molecular weight is 282 g/mol. The van der Waals surface area contributed by atoms with Crippen molar-refractivity contribution in [3.05, 3.63) is 60.0 Å². The van der Waals surface area contributed by atoms with Gasteiger partial charge in [-0.15, -0.1) is 0 Å². The van der Waals surface area contributed by atoms with Crippen molar-refractivity contribution < 1.29 is 9.26 Å². The van der Waals surface area contributed by atoms with Crippen LogP contribution in [-0.4, -0.2) is 12.2 Å². The SMILES string of the molecule is CNC(C)c1ccc2ccccc2c1OCc1ccno1. The van der Waals surface area contributed by atoms with E-state index in [1.807, 2.05) is 25.2 Å². The van der Waals surface area contributed by atoms with Gasteiger partial charge in [0.1, 0.15) is 12.4 Å². The second-order valence-corrected chi connectivity index (χ2v) is 4.98. The number of rotatable bonds is 5. The smallest absolute Gasteiger partial charge is 0.174 e. The average Bonchev–Trinajstić information content (AvgIpc) is 3.05. The zero-order valence-corrected chi connectivity index (χ0v) is 12.2. The fourth-order valence-corrected chi connectivity index (χ4v) is 2.38. The Labute approximate surface area is 123 Å². The molecule has 2 aromatic carbocycles. The van der Waals surface area contributed by atoms with E-state index in [-0.39, 0.29) is 6.04 Å². The maximum Gasteiger partial charge on any atom is 0.174 e. The van der Waals surface area contributed by atoms with Crippen molar-refractivity contribution in [2.75, 3.05) is 7.05 Å². The van der Waals surface area contributed by atoms with Gasteiger partial charge in [-0.25, -0.2) is 0 Å². The minimum atomic E-state index is 0.208. The highest BCUT2D eigenvalue weighted by Crippen LogP contribution is 2.34. The van der Waals surface area contributed by atoms with Gasteiger partial charge in [0.25, 0.3) is 0 Å². The molecule has 1 atom stereocenters. The molecule has 0 fully saturated rings. The molecule has 1 N–H and O–H groups in total. The van der Waals surface area contributed by atoms with Gasteiger partial charge in [0, 0.05) is 23.1 Å². The van der Waals surface area contributed by atoms with Crippen LogP contribution in [0, 0.1) is 0 Å². The molecule has 0 radical (unpaired) electrons. The van der Waals surface area contributed by atoms with Crippen LogP contribution < -0.4 is 10.1 Å². The summed E-state index contributed by atoms with van der Waals surface area (Å²) in [6.45, 7) is 2.49. The van der Waals surface area contributed by atoms with E-state index >= 15 is 0 Å². The first-order valence-electron chi connectivity index (χ1n) is 7.01. The summed E-state index contributed by atoms with van der Waals surface area (Å²) < 4.78 is 11.1. The molecule has 0 saturated carbocycles. The lowest BCUT2D eigenvalue weighted by molar-refractivity contribution is 0.248. The highest BCUT2D eigenvalue weighted by molar-refractivity contribution is 5.89. The number of nitrogens with one attached hydrogen (secondary N) is 1. The van der Waals surface area contributed by atoms with Crippen LogP contribution >= 0.6 is 0 Å². The third-order valence-electron chi connectivity index (χ3n) is 3.66. The fraction of sp³-hybridized carbons (Fsp3) is 0.235. The van der Waals surface area contributed by atoms with E-state index in [1.54, 1.807) is 6.20 Å². The number of nitrogens with zero attached hydrogens (tertiary/aromatic N) is 1. The second-order valence-electron chi connectivity index (χ2n) is 4.98. The van der Waals surface area contributed by atoms with E-state index in [0.717, 1.165) is 22.1 Å². The number of ether oxygens (including phenoxy) is 1. The molecular weight excluding hydrogens is 264 g/mol. The van der Waals surface area contributed by atoms with Crippen LogP contribution in [0.25, 0.3) is 10.8 Å². The molecule has 0 aliphatic rings. The Morgan fingerprint density at radius 2 is 2.05 bits per heavy atom. The number of aromatic nitrogens is 1. The third kappa shape index (κ3) is 2.76. The molecule has 0 spiro atoms. The van der Waals surface area contributed by atoms with Crippen LogP contribution in [0.1, 0.15) is 24.3 Å². The van der Waals surface area contributed by atoms with Crippen molar-refractivity contribution in [2.45, 2.75) is 19.6 Å². The van der Waals surface area contributed by atoms with Gasteiger partial charge in [-0.05, 0) is 19.4 Å². The normalized spacial score (nSPS) is 12.5. The monoisotopic (exact) mass is 282 g/mol. The Morgan fingerprint density at radius 1 is 1.19 bits per heavy atom. The molecule has 3 rings (SSSR count). The Kier molecular flexibility index (Phi) is 3.88. The second kappa shape index (κ2) is 5.97. The van der Waals surface area contributed by atoms with Crippen LogP contribution in [0.3, 0.4) is 0 Å².